The molecule has 0 bridgehead atoms. The van der Waals surface area contributed by atoms with Gasteiger partial charge in [0.15, 0.2) is 17.3 Å². The first-order valence-corrected chi connectivity index (χ1v) is 10.8. The number of H-pyrrole nitrogens is 1. The average Bonchev–Trinajstić information content (AvgIpc) is 3.27. The predicted molar refractivity (Wildman–Crippen MR) is 125 cm³/mol. The van der Waals surface area contributed by atoms with Crippen LogP contribution in [0, 0.1) is 0 Å². The lowest BCUT2D eigenvalue weighted by Crippen LogP contribution is -2.06. The van der Waals surface area contributed by atoms with Crippen molar-refractivity contribution < 1.29 is 28.8 Å². The number of hydrogen-bond acceptors (Lipinski definition) is 8. The molecule has 0 unspecified atom stereocenters. The maximum Gasteiger partial charge on any atom is 0.342 e. The summed E-state index contributed by atoms with van der Waals surface area (Å²) in [5, 5.41) is 16.9. The maximum atomic E-state index is 11.9. The Morgan fingerprint density at radius 1 is 1.03 bits per heavy atom. The molecule has 0 radical (unpaired) electrons. The van der Waals surface area contributed by atoms with Gasteiger partial charge in [-0.25, -0.2) is 9.78 Å². The summed E-state index contributed by atoms with van der Waals surface area (Å²) < 4.78 is 21.7. The van der Waals surface area contributed by atoms with E-state index in [4.69, 9.17) is 18.9 Å². The van der Waals surface area contributed by atoms with Gasteiger partial charge in [0.2, 0.25) is 5.16 Å². The standard InChI is InChI=1S/C23H25N3O6S/c1-13(2)32-18-7-6-14(8-19(18)31-5)9-20(22(27)28)33-23-24-21(25-26-23)15-10-16(29-3)12-17(11-15)30-4/h6-13H,1-5H3,(H,27,28)(H,24,25,26)/b20-9-. The van der Waals surface area contributed by atoms with E-state index in [1.54, 1.807) is 50.6 Å². The third kappa shape index (κ3) is 6.19. The predicted octanol–water partition coefficient (Wildman–Crippen LogP) is 4.50. The third-order valence-electron chi connectivity index (χ3n) is 4.35. The van der Waals surface area contributed by atoms with Gasteiger partial charge in [0.25, 0.3) is 0 Å². The highest BCUT2D eigenvalue weighted by Crippen LogP contribution is 2.33. The van der Waals surface area contributed by atoms with E-state index < -0.39 is 5.97 Å². The Labute approximate surface area is 195 Å². The lowest BCUT2D eigenvalue weighted by molar-refractivity contribution is -0.131. The second-order valence-electron chi connectivity index (χ2n) is 7.06. The molecule has 3 aromatic rings. The first kappa shape index (κ1) is 24.0. The molecule has 0 saturated carbocycles. The highest BCUT2D eigenvalue weighted by atomic mass is 32.2. The van der Waals surface area contributed by atoms with Gasteiger partial charge in [0.05, 0.1) is 27.4 Å². The van der Waals surface area contributed by atoms with Crippen LogP contribution < -0.4 is 18.9 Å². The Morgan fingerprint density at radius 2 is 1.73 bits per heavy atom. The summed E-state index contributed by atoms with van der Waals surface area (Å²) in [6.45, 7) is 3.83. The van der Waals surface area contributed by atoms with Crippen LogP contribution in [0.15, 0.2) is 46.5 Å². The van der Waals surface area contributed by atoms with Crippen molar-refractivity contribution >= 4 is 23.8 Å². The van der Waals surface area contributed by atoms with E-state index >= 15 is 0 Å². The molecule has 10 heteroatoms. The third-order valence-corrected chi connectivity index (χ3v) is 5.23. The molecule has 0 amide bonds. The molecular weight excluding hydrogens is 446 g/mol. The van der Waals surface area contributed by atoms with Crippen molar-refractivity contribution in [3.63, 3.8) is 0 Å². The Hall–Kier alpha value is -3.66. The van der Waals surface area contributed by atoms with Crippen LogP contribution in [0.2, 0.25) is 0 Å². The van der Waals surface area contributed by atoms with E-state index in [1.165, 1.54) is 13.2 Å². The van der Waals surface area contributed by atoms with Gasteiger partial charge in [-0.2, -0.15) is 0 Å². The molecule has 2 N–H and O–H groups in total. The normalized spacial score (nSPS) is 11.4. The number of aromatic amines is 1. The molecule has 0 saturated heterocycles. The van der Waals surface area contributed by atoms with Crippen molar-refractivity contribution in [2.45, 2.75) is 25.1 Å². The molecule has 33 heavy (non-hydrogen) atoms. The van der Waals surface area contributed by atoms with E-state index in [-0.39, 0.29) is 16.2 Å². The van der Waals surface area contributed by atoms with Gasteiger partial charge in [-0.15, -0.1) is 5.10 Å². The van der Waals surface area contributed by atoms with Gasteiger partial charge in [-0.3, -0.25) is 5.10 Å². The second kappa shape index (κ2) is 10.8. The zero-order valence-corrected chi connectivity index (χ0v) is 19.7. The molecule has 0 fully saturated rings. The van der Waals surface area contributed by atoms with Crippen molar-refractivity contribution in [2.75, 3.05) is 21.3 Å². The van der Waals surface area contributed by atoms with Gasteiger partial charge < -0.3 is 24.1 Å². The smallest absolute Gasteiger partial charge is 0.342 e. The second-order valence-corrected chi connectivity index (χ2v) is 8.07. The van der Waals surface area contributed by atoms with Gasteiger partial charge in [-0.05, 0) is 61.5 Å². The van der Waals surface area contributed by atoms with Crippen molar-refractivity contribution in [1.29, 1.82) is 0 Å². The number of carboxylic acid groups (broad SMARTS) is 1. The lowest BCUT2D eigenvalue weighted by Gasteiger charge is -2.14. The van der Waals surface area contributed by atoms with Crippen LogP contribution in [0.3, 0.4) is 0 Å². The molecule has 174 valence electrons. The van der Waals surface area contributed by atoms with Crippen LogP contribution in [-0.2, 0) is 4.79 Å². The monoisotopic (exact) mass is 471 g/mol. The van der Waals surface area contributed by atoms with Crippen LogP contribution >= 0.6 is 11.8 Å². The number of nitrogens with zero attached hydrogens (tertiary/aromatic N) is 2. The Morgan fingerprint density at radius 3 is 2.30 bits per heavy atom. The van der Waals surface area contributed by atoms with Crippen molar-refractivity contribution in [3.8, 4) is 34.4 Å². The molecule has 9 nitrogen and oxygen atoms in total. The fourth-order valence-electron chi connectivity index (χ4n) is 2.88. The molecular formula is C23H25N3O6S. The average molecular weight is 472 g/mol. The van der Waals surface area contributed by atoms with Crippen molar-refractivity contribution in [3.05, 3.63) is 46.9 Å². The summed E-state index contributed by atoms with van der Waals surface area (Å²) in [7, 11) is 4.65. The van der Waals surface area contributed by atoms with Crippen molar-refractivity contribution in [2.24, 2.45) is 0 Å². The van der Waals surface area contributed by atoms with Gasteiger partial charge in [0, 0.05) is 11.6 Å². The summed E-state index contributed by atoms with van der Waals surface area (Å²) in [5.74, 6) is 1.65. The molecule has 1 heterocycles. The number of benzene rings is 2. The van der Waals surface area contributed by atoms with E-state index in [1.807, 2.05) is 13.8 Å². The van der Waals surface area contributed by atoms with E-state index in [0.29, 0.717) is 39.9 Å². The van der Waals surface area contributed by atoms with Crippen LogP contribution in [-0.4, -0.2) is 53.7 Å². The SMILES string of the molecule is COc1cc(OC)cc(-c2nc(S/C(=C\c3ccc(OC(C)C)c(OC)c3)C(=O)O)n[nH]2)c1. The fraction of sp³-hybridized carbons (Fsp3) is 0.261. The van der Waals surface area contributed by atoms with E-state index in [2.05, 4.69) is 15.2 Å². The molecule has 3 rings (SSSR count). The van der Waals surface area contributed by atoms with E-state index in [9.17, 15) is 9.90 Å². The van der Waals surface area contributed by atoms with Crippen molar-refractivity contribution in [1.82, 2.24) is 15.2 Å². The summed E-state index contributed by atoms with van der Waals surface area (Å²) in [6.07, 6.45) is 1.51. The number of ether oxygens (including phenoxy) is 4. The Bertz CT molecular complexity index is 1140. The van der Waals surface area contributed by atoms with Crippen LogP contribution in [0.25, 0.3) is 17.5 Å². The minimum absolute atomic E-state index is 0.0186. The minimum Gasteiger partial charge on any atom is -0.497 e. The first-order chi connectivity index (χ1) is 15.8. The number of hydrogen-bond donors (Lipinski definition) is 2. The van der Waals surface area contributed by atoms with Gasteiger partial charge in [-0.1, -0.05) is 6.07 Å². The molecule has 0 aliphatic heterocycles. The number of carboxylic acids is 1. The minimum atomic E-state index is -1.10. The van der Waals surface area contributed by atoms with E-state index in [0.717, 1.165) is 11.8 Å². The summed E-state index contributed by atoms with van der Waals surface area (Å²) >= 11 is 0.929. The quantitative estimate of drug-likeness (QED) is 0.326. The molecule has 0 aliphatic carbocycles. The molecule has 2 aromatic carbocycles. The fourth-order valence-corrected chi connectivity index (χ4v) is 3.58. The Balaban J connectivity index is 1.86. The van der Waals surface area contributed by atoms with Gasteiger partial charge in [0.1, 0.15) is 16.4 Å². The van der Waals surface area contributed by atoms with Gasteiger partial charge >= 0.3 is 5.97 Å². The number of nitrogens with one attached hydrogen (secondary N) is 1. The first-order valence-electron chi connectivity index (χ1n) is 9.96. The highest BCUT2D eigenvalue weighted by molar-refractivity contribution is 8.04. The molecule has 0 atom stereocenters. The van der Waals surface area contributed by atoms with Crippen LogP contribution in [0.5, 0.6) is 23.0 Å². The van der Waals surface area contributed by atoms with Crippen LogP contribution in [0.1, 0.15) is 19.4 Å². The number of thioether (sulfide) groups is 1. The maximum absolute atomic E-state index is 11.9. The number of carbonyl (C=O) groups is 1. The Kier molecular flexibility index (Phi) is 7.83. The number of aromatic nitrogens is 3. The largest absolute Gasteiger partial charge is 0.497 e. The molecule has 0 spiro atoms. The van der Waals surface area contributed by atoms with Crippen LogP contribution in [0.4, 0.5) is 0 Å². The summed E-state index contributed by atoms with van der Waals surface area (Å²) in [4.78, 5) is 16.3. The highest BCUT2D eigenvalue weighted by Gasteiger charge is 2.16. The zero-order valence-electron chi connectivity index (χ0n) is 18.9. The topological polar surface area (TPSA) is 116 Å². The number of methoxy groups -OCH3 is 3. The number of rotatable bonds is 10. The molecule has 1 aromatic heterocycles. The summed E-state index contributed by atoms with van der Waals surface area (Å²) in [5.41, 5.74) is 1.33. The summed E-state index contributed by atoms with van der Waals surface area (Å²) in [6, 6.07) is 10.5. The zero-order chi connectivity index (χ0) is 24.0. The molecule has 0 aliphatic rings. The lowest BCUT2D eigenvalue weighted by atomic mass is 10.2. The number of aliphatic carboxylic acids is 1.